The van der Waals surface area contributed by atoms with Crippen LogP contribution in [-0.2, 0) is 5.41 Å². The minimum Gasteiger partial charge on any atom is -0.0622 e. The molecule has 0 saturated heterocycles. The van der Waals surface area contributed by atoms with Crippen LogP contribution < -0.4 is 0 Å². The Morgan fingerprint density at radius 1 is 0.419 bits per heavy atom. The lowest BCUT2D eigenvalue weighted by atomic mass is 9.82. The molecule has 0 bridgehead atoms. The molecule has 0 N–H and O–H groups in total. The average molecular weight is 397 g/mol. The van der Waals surface area contributed by atoms with Gasteiger partial charge in [-0.3, -0.25) is 0 Å². The summed E-state index contributed by atoms with van der Waals surface area (Å²) in [5.74, 6) is 0. The van der Waals surface area contributed by atoms with Crippen LogP contribution in [0.15, 0.2) is 109 Å². The second kappa shape index (κ2) is 6.68. The molecule has 5 aromatic rings. The number of hydrogen-bond acceptors (Lipinski definition) is 0. The van der Waals surface area contributed by atoms with Crippen molar-refractivity contribution in [2.24, 2.45) is 0 Å². The summed E-state index contributed by atoms with van der Waals surface area (Å²) in [7, 11) is 0. The molecular weight excluding hydrogens is 372 g/mol. The first kappa shape index (κ1) is 18.2. The van der Waals surface area contributed by atoms with Crippen molar-refractivity contribution in [3.8, 4) is 33.4 Å². The van der Waals surface area contributed by atoms with Gasteiger partial charge in [0.15, 0.2) is 0 Å². The summed E-state index contributed by atoms with van der Waals surface area (Å²) >= 11 is 0. The minimum atomic E-state index is 0.0453. The molecule has 0 saturated carbocycles. The maximum atomic E-state index is 2.40. The van der Waals surface area contributed by atoms with Crippen molar-refractivity contribution >= 4 is 10.8 Å². The molecule has 6 rings (SSSR count). The van der Waals surface area contributed by atoms with Crippen molar-refractivity contribution in [1.82, 2.24) is 0 Å². The second-order valence-electron chi connectivity index (χ2n) is 9.00. The minimum absolute atomic E-state index is 0.0453. The van der Waals surface area contributed by atoms with Crippen LogP contribution >= 0.6 is 0 Å². The largest absolute Gasteiger partial charge is 0.0622 e. The Labute approximate surface area is 183 Å². The van der Waals surface area contributed by atoms with Crippen molar-refractivity contribution < 1.29 is 0 Å². The summed E-state index contributed by atoms with van der Waals surface area (Å²) in [4.78, 5) is 0. The predicted molar refractivity (Wildman–Crippen MR) is 132 cm³/mol. The smallest absolute Gasteiger partial charge is 0.0158 e. The molecule has 5 aromatic carbocycles. The first-order valence-electron chi connectivity index (χ1n) is 11.0. The van der Waals surface area contributed by atoms with Gasteiger partial charge in [0, 0.05) is 5.41 Å². The summed E-state index contributed by atoms with van der Waals surface area (Å²) in [6.07, 6.45) is 0. The summed E-state index contributed by atoms with van der Waals surface area (Å²) < 4.78 is 0. The van der Waals surface area contributed by atoms with E-state index < -0.39 is 0 Å². The monoisotopic (exact) mass is 396 g/mol. The van der Waals surface area contributed by atoms with Gasteiger partial charge in [0.05, 0.1) is 0 Å². The van der Waals surface area contributed by atoms with Gasteiger partial charge in [-0.25, -0.2) is 0 Å². The fraction of sp³-hybridized carbons (Fsp3) is 0.0968. The number of benzene rings is 5. The molecule has 0 aliphatic heterocycles. The normalized spacial score (nSPS) is 13.7. The van der Waals surface area contributed by atoms with Gasteiger partial charge in [0.2, 0.25) is 0 Å². The van der Waals surface area contributed by atoms with E-state index in [1.165, 1.54) is 55.3 Å². The van der Waals surface area contributed by atoms with E-state index in [0.29, 0.717) is 0 Å². The van der Waals surface area contributed by atoms with Crippen LogP contribution in [0.4, 0.5) is 0 Å². The van der Waals surface area contributed by atoms with Crippen molar-refractivity contribution in [3.63, 3.8) is 0 Å². The Bertz CT molecular complexity index is 1440. The van der Waals surface area contributed by atoms with Gasteiger partial charge in [-0.15, -0.1) is 0 Å². The highest BCUT2D eigenvalue weighted by molar-refractivity contribution is 6.05. The highest BCUT2D eigenvalue weighted by Crippen LogP contribution is 2.49. The first-order valence-corrected chi connectivity index (χ1v) is 11.0. The molecule has 1 aliphatic carbocycles. The maximum Gasteiger partial charge on any atom is 0.0158 e. The highest BCUT2D eigenvalue weighted by Gasteiger charge is 2.35. The molecule has 0 amide bonds. The molecule has 31 heavy (non-hydrogen) atoms. The molecule has 0 spiro atoms. The van der Waals surface area contributed by atoms with E-state index in [0.717, 1.165) is 0 Å². The van der Waals surface area contributed by atoms with Crippen LogP contribution in [0.25, 0.3) is 44.2 Å². The Kier molecular flexibility index (Phi) is 3.91. The van der Waals surface area contributed by atoms with Crippen molar-refractivity contribution in [2.45, 2.75) is 19.3 Å². The third-order valence-electron chi connectivity index (χ3n) is 6.90. The zero-order chi connectivity index (χ0) is 21.0. The van der Waals surface area contributed by atoms with Gasteiger partial charge < -0.3 is 0 Å². The van der Waals surface area contributed by atoms with Gasteiger partial charge >= 0.3 is 0 Å². The van der Waals surface area contributed by atoms with Gasteiger partial charge in [0.25, 0.3) is 0 Å². The van der Waals surface area contributed by atoms with Gasteiger partial charge in [-0.2, -0.15) is 0 Å². The quantitative estimate of drug-likeness (QED) is 0.281. The molecule has 1 aliphatic rings. The molecule has 0 aromatic heterocycles. The molecule has 0 radical (unpaired) electrons. The topological polar surface area (TPSA) is 0 Å². The Balaban J connectivity index is 1.57. The van der Waals surface area contributed by atoms with E-state index >= 15 is 0 Å². The third-order valence-corrected chi connectivity index (χ3v) is 6.90. The lowest BCUT2D eigenvalue weighted by Gasteiger charge is -2.21. The number of hydrogen-bond donors (Lipinski definition) is 0. The van der Waals surface area contributed by atoms with E-state index in [-0.39, 0.29) is 5.41 Å². The molecule has 0 heteroatoms. The van der Waals surface area contributed by atoms with Gasteiger partial charge in [-0.05, 0) is 61.3 Å². The fourth-order valence-corrected chi connectivity index (χ4v) is 5.32. The first-order chi connectivity index (χ1) is 15.1. The predicted octanol–water partition coefficient (Wildman–Crippen LogP) is 8.48. The van der Waals surface area contributed by atoms with E-state index in [1.807, 2.05) is 0 Å². The average Bonchev–Trinajstić information content (AvgIpc) is 3.05. The summed E-state index contributed by atoms with van der Waals surface area (Å²) in [6, 6.07) is 39.9. The Morgan fingerprint density at radius 3 is 1.74 bits per heavy atom. The molecule has 0 unspecified atom stereocenters. The number of fused-ring (bicyclic) bond motifs is 4. The molecule has 0 heterocycles. The van der Waals surface area contributed by atoms with Crippen molar-refractivity contribution in [2.75, 3.05) is 0 Å². The lowest BCUT2D eigenvalue weighted by Crippen LogP contribution is -2.14. The summed E-state index contributed by atoms with van der Waals surface area (Å²) in [5.41, 5.74) is 10.7. The van der Waals surface area contributed by atoms with E-state index in [9.17, 15) is 0 Å². The highest BCUT2D eigenvalue weighted by atomic mass is 14.4. The number of rotatable bonds is 2. The molecular formula is C31H24. The van der Waals surface area contributed by atoms with Gasteiger partial charge in [0.1, 0.15) is 0 Å². The maximum absolute atomic E-state index is 2.40. The molecule has 0 fully saturated rings. The van der Waals surface area contributed by atoms with E-state index in [2.05, 4.69) is 123 Å². The van der Waals surface area contributed by atoms with Crippen LogP contribution in [0.1, 0.15) is 25.0 Å². The molecule has 0 atom stereocenters. The van der Waals surface area contributed by atoms with Crippen LogP contribution in [-0.4, -0.2) is 0 Å². The van der Waals surface area contributed by atoms with Crippen molar-refractivity contribution in [1.29, 1.82) is 0 Å². The molecule has 148 valence electrons. The van der Waals surface area contributed by atoms with E-state index in [1.54, 1.807) is 0 Å². The van der Waals surface area contributed by atoms with Gasteiger partial charge in [-0.1, -0.05) is 117 Å². The van der Waals surface area contributed by atoms with E-state index in [4.69, 9.17) is 0 Å². The summed E-state index contributed by atoms with van der Waals surface area (Å²) in [6.45, 7) is 4.67. The zero-order valence-electron chi connectivity index (χ0n) is 17.9. The fourth-order valence-electron chi connectivity index (χ4n) is 5.32. The van der Waals surface area contributed by atoms with Crippen LogP contribution in [0.2, 0.25) is 0 Å². The second-order valence-corrected chi connectivity index (χ2v) is 9.00. The standard InChI is InChI=1S/C31H24/c1-31(2)29-17-7-6-12-27(29)28-20-22(18-19-30(28)31)24-14-9-15-25-23(13-8-16-26(24)25)21-10-4-3-5-11-21/h3-20H,1-2H3. The van der Waals surface area contributed by atoms with Crippen LogP contribution in [0.5, 0.6) is 0 Å². The Hall–Kier alpha value is -3.64. The summed E-state index contributed by atoms with van der Waals surface area (Å²) in [5, 5.41) is 2.60. The zero-order valence-corrected chi connectivity index (χ0v) is 17.9. The van der Waals surface area contributed by atoms with Crippen LogP contribution in [0, 0.1) is 0 Å². The lowest BCUT2D eigenvalue weighted by molar-refractivity contribution is 0.660. The van der Waals surface area contributed by atoms with Crippen LogP contribution in [0.3, 0.4) is 0 Å². The SMILES string of the molecule is CC1(C)c2ccccc2-c2cc(-c3cccc4c(-c5ccccc5)cccc34)ccc21. The third kappa shape index (κ3) is 2.68. The molecule has 0 nitrogen and oxygen atoms in total. The Morgan fingerprint density at radius 2 is 1.00 bits per heavy atom. The van der Waals surface area contributed by atoms with Crippen molar-refractivity contribution in [3.05, 3.63) is 120 Å².